The molecule has 1 atom stereocenters. The molecule has 2 aromatic carbocycles. The third-order valence-corrected chi connectivity index (χ3v) is 3.19. The van der Waals surface area contributed by atoms with Crippen LogP contribution in [0.15, 0.2) is 54.6 Å². The first-order chi connectivity index (χ1) is 9.59. The van der Waals surface area contributed by atoms with Crippen LogP contribution in [0.4, 0.5) is 0 Å². The maximum absolute atomic E-state index is 12.1. The van der Waals surface area contributed by atoms with E-state index in [1.54, 1.807) is 42.5 Å². The standard InChI is InChI=1S/C17H16O3/c1-12-7-5-6-10-14(12)15(18)11-16(19)17(20)13-8-3-2-4-9-13/h2-10,16,19H,11H2,1H3/t16-/m0/s1. The number of ketones is 2. The molecule has 0 radical (unpaired) electrons. The van der Waals surface area contributed by atoms with Gasteiger partial charge in [-0.15, -0.1) is 0 Å². The summed E-state index contributed by atoms with van der Waals surface area (Å²) < 4.78 is 0. The topological polar surface area (TPSA) is 54.4 Å². The number of carbonyl (C=O) groups excluding carboxylic acids is 2. The second-order valence-electron chi connectivity index (χ2n) is 4.69. The predicted molar refractivity (Wildman–Crippen MR) is 76.9 cm³/mol. The van der Waals surface area contributed by atoms with E-state index in [4.69, 9.17) is 0 Å². The summed E-state index contributed by atoms with van der Waals surface area (Å²) in [5.41, 5.74) is 1.81. The normalized spacial score (nSPS) is 11.9. The van der Waals surface area contributed by atoms with E-state index in [-0.39, 0.29) is 12.2 Å². The zero-order valence-electron chi connectivity index (χ0n) is 11.2. The molecule has 0 heterocycles. The molecular formula is C17H16O3. The number of hydrogen-bond acceptors (Lipinski definition) is 3. The van der Waals surface area contributed by atoms with Crippen LogP contribution < -0.4 is 0 Å². The van der Waals surface area contributed by atoms with Crippen LogP contribution in [0.2, 0.25) is 0 Å². The first-order valence-corrected chi connectivity index (χ1v) is 6.45. The summed E-state index contributed by atoms with van der Waals surface area (Å²) in [5, 5.41) is 9.92. The highest BCUT2D eigenvalue weighted by Gasteiger charge is 2.21. The quantitative estimate of drug-likeness (QED) is 0.848. The molecule has 0 aromatic heterocycles. The van der Waals surface area contributed by atoms with Crippen LogP contribution in [0, 0.1) is 6.92 Å². The fourth-order valence-corrected chi connectivity index (χ4v) is 2.06. The van der Waals surface area contributed by atoms with E-state index < -0.39 is 11.9 Å². The van der Waals surface area contributed by atoms with Crippen molar-refractivity contribution in [1.29, 1.82) is 0 Å². The maximum Gasteiger partial charge on any atom is 0.191 e. The molecule has 0 unspecified atom stereocenters. The third-order valence-electron chi connectivity index (χ3n) is 3.19. The second-order valence-corrected chi connectivity index (χ2v) is 4.69. The summed E-state index contributed by atoms with van der Waals surface area (Å²) in [6, 6.07) is 15.7. The Bertz CT molecular complexity index is 617. The van der Waals surface area contributed by atoms with Gasteiger partial charge in [-0.25, -0.2) is 0 Å². The van der Waals surface area contributed by atoms with Gasteiger partial charge in [-0.1, -0.05) is 54.6 Å². The van der Waals surface area contributed by atoms with Crippen LogP contribution in [-0.2, 0) is 0 Å². The van der Waals surface area contributed by atoms with Gasteiger partial charge < -0.3 is 5.11 Å². The van der Waals surface area contributed by atoms with E-state index >= 15 is 0 Å². The number of hydrogen-bond donors (Lipinski definition) is 1. The molecule has 1 N–H and O–H groups in total. The van der Waals surface area contributed by atoms with Gasteiger partial charge >= 0.3 is 0 Å². The van der Waals surface area contributed by atoms with Crippen LogP contribution >= 0.6 is 0 Å². The molecule has 0 aliphatic carbocycles. The van der Waals surface area contributed by atoms with Crippen molar-refractivity contribution in [3.8, 4) is 0 Å². The summed E-state index contributed by atoms with van der Waals surface area (Å²) in [4.78, 5) is 24.1. The van der Waals surface area contributed by atoms with E-state index in [1.807, 2.05) is 19.1 Å². The Balaban J connectivity index is 2.09. The van der Waals surface area contributed by atoms with Crippen molar-refractivity contribution in [2.24, 2.45) is 0 Å². The van der Waals surface area contributed by atoms with Gasteiger partial charge in [0.15, 0.2) is 11.6 Å². The lowest BCUT2D eigenvalue weighted by Crippen LogP contribution is -2.24. The van der Waals surface area contributed by atoms with Gasteiger partial charge in [0.05, 0.1) is 0 Å². The molecule has 0 spiro atoms. The van der Waals surface area contributed by atoms with Gasteiger partial charge in [-0.3, -0.25) is 9.59 Å². The highest BCUT2D eigenvalue weighted by molar-refractivity contribution is 6.05. The van der Waals surface area contributed by atoms with Gasteiger partial charge in [-0.2, -0.15) is 0 Å². The highest BCUT2D eigenvalue weighted by Crippen LogP contribution is 2.13. The van der Waals surface area contributed by atoms with Gasteiger partial charge in [0, 0.05) is 17.5 Å². The molecule has 3 heteroatoms. The molecule has 0 amide bonds. The van der Waals surface area contributed by atoms with Gasteiger partial charge in [0.2, 0.25) is 0 Å². The first kappa shape index (κ1) is 14.2. The molecule has 0 aliphatic rings. The molecule has 102 valence electrons. The van der Waals surface area contributed by atoms with Gasteiger partial charge in [-0.05, 0) is 12.5 Å². The molecule has 20 heavy (non-hydrogen) atoms. The molecule has 0 saturated carbocycles. The van der Waals surface area contributed by atoms with E-state index in [9.17, 15) is 14.7 Å². The highest BCUT2D eigenvalue weighted by atomic mass is 16.3. The van der Waals surface area contributed by atoms with Crippen molar-refractivity contribution in [3.05, 3.63) is 71.3 Å². The van der Waals surface area contributed by atoms with Crippen molar-refractivity contribution >= 4 is 11.6 Å². The molecule has 2 rings (SSSR count). The van der Waals surface area contributed by atoms with Crippen LogP contribution in [0.25, 0.3) is 0 Å². The summed E-state index contributed by atoms with van der Waals surface area (Å²) in [5.74, 6) is -0.646. The molecule has 0 bridgehead atoms. The van der Waals surface area contributed by atoms with E-state index in [0.717, 1.165) is 5.56 Å². The lowest BCUT2D eigenvalue weighted by atomic mass is 9.97. The number of carbonyl (C=O) groups is 2. The number of benzene rings is 2. The second kappa shape index (κ2) is 6.26. The van der Waals surface area contributed by atoms with Crippen molar-refractivity contribution in [2.45, 2.75) is 19.4 Å². The first-order valence-electron chi connectivity index (χ1n) is 6.45. The monoisotopic (exact) mass is 268 g/mol. The minimum absolute atomic E-state index is 0.196. The largest absolute Gasteiger partial charge is 0.384 e. The minimum Gasteiger partial charge on any atom is -0.384 e. The Hall–Kier alpha value is -2.26. The van der Waals surface area contributed by atoms with E-state index in [0.29, 0.717) is 11.1 Å². The molecule has 3 nitrogen and oxygen atoms in total. The van der Waals surface area contributed by atoms with Gasteiger partial charge in [0.25, 0.3) is 0 Å². The number of aryl methyl sites for hydroxylation is 1. The molecule has 0 saturated heterocycles. The molecule has 0 fully saturated rings. The van der Waals surface area contributed by atoms with Crippen LogP contribution in [0.1, 0.15) is 32.7 Å². The number of aliphatic hydroxyl groups excluding tert-OH is 1. The van der Waals surface area contributed by atoms with E-state index in [2.05, 4.69) is 0 Å². The molecule has 0 aliphatic heterocycles. The Labute approximate surface area is 117 Å². The maximum atomic E-state index is 12.1. The van der Waals surface area contributed by atoms with Crippen molar-refractivity contribution in [3.63, 3.8) is 0 Å². The van der Waals surface area contributed by atoms with Gasteiger partial charge in [0.1, 0.15) is 6.10 Å². The lowest BCUT2D eigenvalue weighted by Gasteiger charge is -2.10. The zero-order chi connectivity index (χ0) is 14.5. The number of aliphatic hydroxyl groups is 1. The zero-order valence-corrected chi connectivity index (χ0v) is 11.2. The Morgan fingerprint density at radius 1 is 1.00 bits per heavy atom. The van der Waals surface area contributed by atoms with Crippen LogP contribution in [-0.4, -0.2) is 22.8 Å². The Morgan fingerprint density at radius 2 is 1.60 bits per heavy atom. The smallest absolute Gasteiger partial charge is 0.191 e. The number of rotatable bonds is 5. The van der Waals surface area contributed by atoms with Crippen LogP contribution in [0.5, 0.6) is 0 Å². The van der Waals surface area contributed by atoms with Crippen LogP contribution in [0.3, 0.4) is 0 Å². The summed E-state index contributed by atoms with van der Waals surface area (Å²) in [7, 11) is 0. The minimum atomic E-state index is -1.30. The summed E-state index contributed by atoms with van der Waals surface area (Å²) in [6.45, 7) is 1.83. The predicted octanol–water partition coefficient (Wildman–Crippen LogP) is 2.81. The van der Waals surface area contributed by atoms with Crippen molar-refractivity contribution < 1.29 is 14.7 Å². The Kier molecular flexibility index (Phi) is 4.43. The third kappa shape index (κ3) is 3.19. The average molecular weight is 268 g/mol. The molecular weight excluding hydrogens is 252 g/mol. The summed E-state index contributed by atoms with van der Waals surface area (Å²) in [6.07, 6.45) is -1.50. The lowest BCUT2D eigenvalue weighted by molar-refractivity contribution is 0.0681. The van der Waals surface area contributed by atoms with Crippen molar-refractivity contribution in [2.75, 3.05) is 0 Å². The SMILES string of the molecule is Cc1ccccc1C(=O)C[C@H](O)C(=O)c1ccccc1. The fourth-order valence-electron chi connectivity index (χ4n) is 2.06. The average Bonchev–Trinajstić information content (AvgIpc) is 2.47. The summed E-state index contributed by atoms with van der Waals surface area (Å²) >= 11 is 0. The fraction of sp³-hybridized carbons (Fsp3) is 0.176. The van der Waals surface area contributed by atoms with Crippen molar-refractivity contribution in [1.82, 2.24) is 0 Å². The Morgan fingerprint density at radius 3 is 2.25 bits per heavy atom. The van der Waals surface area contributed by atoms with E-state index in [1.165, 1.54) is 0 Å². The number of Topliss-reactive ketones (excluding diaryl/α,β-unsaturated/α-hetero) is 2. The molecule has 2 aromatic rings.